The Hall–Kier alpha value is -1.72. The Bertz CT molecular complexity index is 405. The van der Waals surface area contributed by atoms with Crippen molar-refractivity contribution in [1.82, 2.24) is 9.78 Å². The Morgan fingerprint density at radius 3 is 2.53 bits per heavy atom. The number of carbonyl (C=O) groups excluding carboxylic acids is 1. The van der Waals surface area contributed by atoms with Gasteiger partial charge in [0, 0.05) is 6.07 Å². The van der Waals surface area contributed by atoms with Gasteiger partial charge in [0.15, 0.2) is 0 Å². The van der Waals surface area contributed by atoms with Crippen molar-refractivity contribution in [2.24, 2.45) is 0 Å². The molecule has 1 aromatic rings. The first-order chi connectivity index (χ1) is 7.69. The molecule has 1 aromatic heterocycles. The fourth-order valence-corrected chi connectivity index (χ4v) is 1.12. The number of ether oxygens (including phenoxy) is 2. The lowest BCUT2D eigenvalue weighted by Gasteiger charge is -2.19. The highest BCUT2D eigenvalue weighted by atomic mass is 16.6. The zero-order valence-corrected chi connectivity index (χ0v) is 10.9. The van der Waals surface area contributed by atoms with Gasteiger partial charge < -0.3 is 15.2 Å². The number of nitrogens with two attached hydrogens (primary N) is 1. The van der Waals surface area contributed by atoms with Crippen LogP contribution < -0.4 is 10.5 Å². The first-order valence-electron chi connectivity index (χ1n) is 5.44. The molecule has 0 unspecified atom stereocenters. The van der Waals surface area contributed by atoms with Gasteiger partial charge in [-0.15, -0.1) is 9.78 Å². The van der Waals surface area contributed by atoms with Crippen LogP contribution in [0.3, 0.4) is 0 Å². The summed E-state index contributed by atoms with van der Waals surface area (Å²) in [4.78, 5) is 11.7. The lowest BCUT2D eigenvalue weighted by atomic mass is 10.2. The number of anilines is 1. The molecule has 0 saturated heterocycles. The van der Waals surface area contributed by atoms with Crippen LogP contribution in [0.25, 0.3) is 0 Å². The molecular weight excluding hydrogens is 222 g/mol. The zero-order valence-electron chi connectivity index (χ0n) is 10.9. The molecule has 0 amide bonds. The molecule has 1 rings (SSSR count). The topological polar surface area (TPSA) is 79.4 Å². The van der Waals surface area contributed by atoms with Gasteiger partial charge in [-0.25, -0.2) is 4.79 Å². The molecule has 0 fully saturated rings. The van der Waals surface area contributed by atoms with E-state index in [4.69, 9.17) is 15.2 Å². The van der Waals surface area contributed by atoms with Crippen molar-refractivity contribution in [2.45, 2.75) is 46.3 Å². The molecule has 0 aliphatic carbocycles. The summed E-state index contributed by atoms with van der Waals surface area (Å²) in [6.07, 6.45) is -0.648. The van der Waals surface area contributed by atoms with Crippen LogP contribution in [0, 0.1) is 0 Å². The normalized spacial score (nSPS) is 11.6. The van der Waals surface area contributed by atoms with Crippen LogP contribution in [0.15, 0.2) is 6.07 Å². The fraction of sp³-hybridized carbons (Fsp3) is 0.636. The molecule has 6 heteroatoms. The second-order valence-electron chi connectivity index (χ2n) is 4.97. The predicted molar refractivity (Wildman–Crippen MR) is 64.0 cm³/mol. The summed E-state index contributed by atoms with van der Waals surface area (Å²) in [7, 11) is 0. The predicted octanol–water partition coefficient (Wildman–Crippen LogP) is 2.04. The van der Waals surface area contributed by atoms with E-state index in [0.29, 0.717) is 5.88 Å². The summed E-state index contributed by atoms with van der Waals surface area (Å²) in [5.41, 5.74) is 5.07. The van der Waals surface area contributed by atoms with Gasteiger partial charge in [0.25, 0.3) is 0 Å². The molecule has 6 nitrogen and oxygen atoms in total. The fourth-order valence-electron chi connectivity index (χ4n) is 1.12. The Morgan fingerprint density at radius 2 is 2.06 bits per heavy atom. The summed E-state index contributed by atoms with van der Waals surface area (Å²) in [6.45, 7) is 9.05. The third-order valence-electron chi connectivity index (χ3n) is 1.64. The first-order valence-corrected chi connectivity index (χ1v) is 5.44. The van der Waals surface area contributed by atoms with Gasteiger partial charge in [-0.3, -0.25) is 0 Å². The van der Waals surface area contributed by atoms with Crippen molar-refractivity contribution in [3.63, 3.8) is 0 Å². The van der Waals surface area contributed by atoms with Crippen molar-refractivity contribution in [1.29, 1.82) is 0 Å². The highest BCUT2D eigenvalue weighted by molar-refractivity contribution is 5.74. The maximum absolute atomic E-state index is 11.7. The van der Waals surface area contributed by atoms with Crippen molar-refractivity contribution < 1.29 is 14.3 Å². The minimum Gasteiger partial charge on any atom is -0.474 e. The van der Waals surface area contributed by atoms with Gasteiger partial charge in [-0.05, 0) is 34.6 Å². The third kappa shape index (κ3) is 3.97. The number of nitrogen functional groups attached to an aromatic ring is 1. The van der Waals surface area contributed by atoms with Gasteiger partial charge >= 0.3 is 6.09 Å². The smallest absolute Gasteiger partial charge is 0.437 e. The van der Waals surface area contributed by atoms with E-state index in [9.17, 15) is 4.79 Å². The average Bonchev–Trinajstić information content (AvgIpc) is 2.42. The molecule has 0 spiro atoms. The van der Waals surface area contributed by atoms with Crippen LogP contribution in [0.2, 0.25) is 0 Å². The van der Waals surface area contributed by atoms with Crippen LogP contribution in [-0.4, -0.2) is 27.6 Å². The standard InChI is InChI=1S/C11H19N3O3/c1-7(2)16-9-6-8(12)14(13-9)10(15)17-11(3,4)5/h6-7H,12H2,1-5H3. The van der Waals surface area contributed by atoms with Crippen LogP contribution >= 0.6 is 0 Å². The van der Waals surface area contributed by atoms with Crippen LogP contribution in [0.4, 0.5) is 10.6 Å². The summed E-state index contributed by atoms with van der Waals surface area (Å²) in [5, 5.41) is 3.93. The van der Waals surface area contributed by atoms with E-state index in [2.05, 4.69) is 5.10 Å². The second-order valence-corrected chi connectivity index (χ2v) is 4.97. The molecule has 2 N–H and O–H groups in total. The molecule has 0 radical (unpaired) electrons. The van der Waals surface area contributed by atoms with Gasteiger partial charge in [-0.2, -0.15) is 0 Å². The number of nitrogens with zero attached hydrogens (tertiary/aromatic N) is 2. The number of hydrogen-bond acceptors (Lipinski definition) is 5. The summed E-state index contributed by atoms with van der Waals surface area (Å²) in [5.74, 6) is 0.498. The van der Waals surface area contributed by atoms with Crippen molar-refractivity contribution in [3.05, 3.63) is 6.07 Å². The van der Waals surface area contributed by atoms with Crippen molar-refractivity contribution in [3.8, 4) is 5.88 Å². The van der Waals surface area contributed by atoms with E-state index in [-0.39, 0.29) is 11.9 Å². The molecular formula is C11H19N3O3. The summed E-state index contributed by atoms with van der Waals surface area (Å²) < 4.78 is 11.5. The molecule has 96 valence electrons. The van der Waals surface area contributed by atoms with E-state index in [1.54, 1.807) is 20.8 Å². The molecule has 0 atom stereocenters. The third-order valence-corrected chi connectivity index (χ3v) is 1.64. The van der Waals surface area contributed by atoms with Gasteiger partial charge in [0.2, 0.25) is 5.88 Å². The maximum Gasteiger partial charge on any atom is 0.437 e. The molecule has 0 aliphatic rings. The highest BCUT2D eigenvalue weighted by Crippen LogP contribution is 2.17. The first kappa shape index (κ1) is 13.3. The largest absolute Gasteiger partial charge is 0.474 e. The Morgan fingerprint density at radius 1 is 1.47 bits per heavy atom. The van der Waals surface area contributed by atoms with Crippen LogP contribution in [0.5, 0.6) is 5.88 Å². The van der Waals surface area contributed by atoms with Crippen molar-refractivity contribution >= 4 is 11.9 Å². The molecule has 0 saturated carbocycles. The highest BCUT2D eigenvalue weighted by Gasteiger charge is 2.21. The quantitative estimate of drug-likeness (QED) is 0.857. The maximum atomic E-state index is 11.7. The average molecular weight is 241 g/mol. The SMILES string of the molecule is CC(C)Oc1cc(N)n(C(=O)OC(C)(C)C)n1. The molecule has 17 heavy (non-hydrogen) atoms. The minimum atomic E-state index is -0.617. The summed E-state index contributed by atoms with van der Waals surface area (Å²) >= 11 is 0. The number of rotatable bonds is 2. The van der Waals surface area contributed by atoms with E-state index < -0.39 is 11.7 Å². The second kappa shape index (κ2) is 4.65. The van der Waals surface area contributed by atoms with E-state index >= 15 is 0 Å². The lowest BCUT2D eigenvalue weighted by Crippen LogP contribution is -2.28. The van der Waals surface area contributed by atoms with E-state index in [1.807, 2.05) is 13.8 Å². The zero-order chi connectivity index (χ0) is 13.2. The van der Waals surface area contributed by atoms with Crippen molar-refractivity contribution in [2.75, 3.05) is 5.73 Å². The van der Waals surface area contributed by atoms with Crippen LogP contribution in [-0.2, 0) is 4.74 Å². The summed E-state index contributed by atoms with van der Waals surface area (Å²) in [6, 6.07) is 1.49. The minimum absolute atomic E-state index is 0.0311. The molecule has 1 heterocycles. The van der Waals surface area contributed by atoms with E-state index in [0.717, 1.165) is 4.68 Å². The van der Waals surface area contributed by atoms with E-state index in [1.165, 1.54) is 6.07 Å². The van der Waals surface area contributed by atoms with Crippen LogP contribution in [0.1, 0.15) is 34.6 Å². The van der Waals surface area contributed by atoms with Gasteiger partial charge in [0.1, 0.15) is 11.4 Å². The number of hydrogen-bond donors (Lipinski definition) is 1. The Labute approximate surface area is 101 Å². The monoisotopic (exact) mass is 241 g/mol. The van der Waals surface area contributed by atoms with Gasteiger partial charge in [-0.1, -0.05) is 0 Å². The number of aromatic nitrogens is 2. The molecule has 0 aliphatic heterocycles. The Balaban J connectivity index is 2.84. The lowest BCUT2D eigenvalue weighted by molar-refractivity contribution is 0.0515. The molecule has 0 bridgehead atoms. The number of carbonyl (C=O) groups is 1. The van der Waals surface area contributed by atoms with Gasteiger partial charge in [0.05, 0.1) is 6.10 Å². The Kier molecular flexibility index (Phi) is 3.65. The molecule has 0 aromatic carbocycles.